The van der Waals surface area contributed by atoms with E-state index in [-0.39, 0.29) is 11.6 Å². The van der Waals surface area contributed by atoms with Crippen LogP contribution in [0.5, 0.6) is 0 Å². The number of fused-ring (bicyclic) bond motifs is 1. The van der Waals surface area contributed by atoms with Gasteiger partial charge in [0.15, 0.2) is 5.65 Å². The molecule has 3 heterocycles. The standard InChI is InChI=1S/C22H22FN7O2S/c1-15-14-29(11-10-24-15)18-8-6-17(7-9-18)27-22-25-12-16-13-26-30(21(16)28-22)33(31,32)20-5-3-2-4-19(20)23/h2-9,12-13,15,24H,10-11,14H2,1H3,(H,25,27,28)/t15-/m1/s1. The maximum atomic E-state index is 14.2. The molecule has 0 radical (unpaired) electrons. The van der Waals surface area contributed by atoms with E-state index < -0.39 is 20.7 Å². The number of halogens is 1. The van der Waals surface area contributed by atoms with E-state index in [1.54, 1.807) is 0 Å². The fourth-order valence-corrected chi connectivity index (χ4v) is 5.13. The normalized spacial score (nSPS) is 16.8. The Balaban J connectivity index is 1.42. The van der Waals surface area contributed by atoms with Gasteiger partial charge in [0.1, 0.15) is 10.7 Å². The van der Waals surface area contributed by atoms with Crippen molar-refractivity contribution >= 4 is 38.4 Å². The number of hydrogen-bond acceptors (Lipinski definition) is 8. The van der Waals surface area contributed by atoms with Crippen molar-refractivity contribution in [2.45, 2.75) is 17.9 Å². The Morgan fingerprint density at radius 1 is 1.12 bits per heavy atom. The zero-order valence-electron chi connectivity index (χ0n) is 17.8. The van der Waals surface area contributed by atoms with E-state index >= 15 is 0 Å². The summed E-state index contributed by atoms with van der Waals surface area (Å²) in [4.78, 5) is 10.4. The summed E-state index contributed by atoms with van der Waals surface area (Å²) >= 11 is 0. The number of aromatic nitrogens is 4. The second kappa shape index (κ2) is 8.41. The highest BCUT2D eigenvalue weighted by atomic mass is 32.2. The molecule has 0 amide bonds. The largest absolute Gasteiger partial charge is 0.369 e. The molecular weight excluding hydrogens is 445 g/mol. The van der Waals surface area contributed by atoms with E-state index in [1.165, 1.54) is 30.6 Å². The molecule has 2 aromatic heterocycles. The third kappa shape index (κ3) is 4.12. The van der Waals surface area contributed by atoms with E-state index in [2.05, 4.69) is 37.5 Å². The van der Waals surface area contributed by atoms with Gasteiger partial charge in [-0.2, -0.15) is 18.5 Å². The molecule has 1 aliphatic heterocycles. The van der Waals surface area contributed by atoms with Crippen LogP contribution in [0.2, 0.25) is 0 Å². The monoisotopic (exact) mass is 467 g/mol. The van der Waals surface area contributed by atoms with Crippen LogP contribution in [0.4, 0.5) is 21.7 Å². The van der Waals surface area contributed by atoms with Gasteiger partial charge in [-0.25, -0.2) is 9.37 Å². The average Bonchev–Trinajstić information content (AvgIpc) is 3.24. The Bertz CT molecular complexity index is 1410. The second-order valence-electron chi connectivity index (χ2n) is 7.87. The van der Waals surface area contributed by atoms with Crippen LogP contribution in [-0.4, -0.2) is 53.2 Å². The van der Waals surface area contributed by atoms with Crippen LogP contribution in [0.3, 0.4) is 0 Å². The van der Waals surface area contributed by atoms with E-state index in [0.717, 1.165) is 41.2 Å². The van der Waals surface area contributed by atoms with Crippen LogP contribution in [0.1, 0.15) is 6.92 Å². The molecule has 2 N–H and O–H groups in total. The topological polar surface area (TPSA) is 105 Å². The minimum absolute atomic E-state index is 0.0576. The summed E-state index contributed by atoms with van der Waals surface area (Å²) in [5, 5.41) is 10.9. The summed E-state index contributed by atoms with van der Waals surface area (Å²) in [6.45, 7) is 4.98. The highest BCUT2D eigenvalue weighted by Crippen LogP contribution is 2.24. The second-order valence-corrected chi connectivity index (χ2v) is 9.60. The lowest BCUT2D eigenvalue weighted by Gasteiger charge is -2.33. The van der Waals surface area contributed by atoms with E-state index in [4.69, 9.17) is 0 Å². The lowest BCUT2D eigenvalue weighted by molar-refractivity contribution is 0.485. The summed E-state index contributed by atoms with van der Waals surface area (Å²) in [5.74, 6) is -0.649. The number of anilines is 3. The minimum atomic E-state index is -4.26. The molecule has 1 aliphatic rings. The first-order valence-electron chi connectivity index (χ1n) is 10.5. The lowest BCUT2D eigenvalue weighted by Crippen LogP contribution is -2.49. The van der Waals surface area contributed by atoms with Crippen molar-refractivity contribution in [3.05, 3.63) is 66.7 Å². The van der Waals surface area contributed by atoms with Crippen molar-refractivity contribution in [3.8, 4) is 0 Å². The van der Waals surface area contributed by atoms with Crippen molar-refractivity contribution in [1.82, 2.24) is 24.5 Å². The molecule has 2 aromatic carbocycles. The fraction of sp³-hybridized carbons (Fsp3) is 0.227. The van der Waals surface area contributed by atoms with Gasteiger partial charge < -0.3 is 15.5 Å². The van der Waals surface area contributed by atoms with Crippen LogP contribution in [0, 0.1) is 5.82 Å². The zero-order valence-corrected chi connectivity index (χ0v) is 18.6. The third-order valence-electron chi connectivity index (χ3n) is 5.48. The number of piperazine rings is 1. The van der Waals surface area contributed by atoms with Crippen LogP contribution < -0.4 is 15.5 Å². The first-order valence-corrected chi connectivity index (χ1v) is 11.9. The van der Waals surface area contributed by atoms with Crippen molar-refractivity contribution in [3.63, 3.8) is 0 Å². The van der Waals surface area contributed by atoms with Crippen molar-refractivity contribution < 1.29 is 12.8 Å². The van der Waals surface area contributed by atoms with E-state index in [9.17, 15) is 12.8 Å². The van der Waals surface area contributed by atoms with Crippen LogP contribution >= 0.6 is 0 Å². The number of benzene rings is 2. The first-order chi connectivity index (χ1) is 15.9. The Morgan fingerprint density at radius 2 is 1.91 bits per heavy atom. The molecule has 0 aliphatic carbocycles. The van der Waals surface area contributed by atoms with Gasteiger partial charge in [0, 0.05) is 43.2 Å². The molecule has 1 fully saturated rings. The van der Waals surface area contributed by atoms with Crippen molar-refractivity contribution in [2.75, 3.05) is 29.9 Å². The summed E-state index contributed by atoms with van der Waals surface area (Å²) in [6, 6.07) is 13.5. The average molecular weight is 468 g/mol. The van der Waals surface area contributed by atoms with Gasteiger partial charge in [0.05, 0.1) is 11.6 Å². The maximum absolute atomic E-state index is 14.2. The van der Waals surface area contributed by atoms with Crippen LogP contribution in [-0.2, 0) is 10.0 Å². The van der Waals surface area contributed by atoms with E-state index in [0.29, 0.717) is 11.4 Å². The van der Waals surface area contributed by atoms with Gasteiger partial charge in [0.2, 0.25) is 5.95 Å². The third-order valence-corrected chi connectivity index (χ3v) is 7.09. The smallest absolute Gasteiger partial charge is 0.287 e. The van der Waals surface area contributed by atoms with E-state index in [1.807, 2.05) is 24.3 Å². The number of hydrogen-bond donors (Lipinski definition) is 2. The number of nitrogens with one attached hydrogen (secondary N) is 2. The van der Waals surface area contributed by atoms with Gasteiger partial charge in [-0.05, 0) is 43.3 Å². The molecule has 0 saturated carbocycles. The highest BCUT2D eigenvalue weighted by molar-refractivity contribution is 7.90. The highest BCUT2D eigenvalue weighted by Gasteiger charge is 2.25. The molecule has 170 valence electrons. The van der Waals surface area contributed by atoms with Crippen molar-refractivity contribution in [1.29, 1.82) is 0 Å². The van der Waals surface area contributed by atoms with Gasteiger partial charge >= 0.3 is 0 Å². The molecule has 9 nitrogen and oxygen atoms in total. The summed E-state index contributed by atoms with van der Waals surface area (Å²) in [5.41, 5.74) is 1.94. The number of rotatable bonds is 5. The lowest BCUT2D eigenvalue weighted by atomic mass is 10.2. The van der Waals surface area contributed by atoms with Crippen LogP contribution in [0.15, 0.2) is 65.8 Å². The van der Waals surface area contributed by atoms with Crippen LogP contribution in [0.25, 0.3) is 11.0 Å². The molecule has 0 unspecified atom stereocenters. The Kier molecular flexibility index (Phi) is 5.43. The molecule has 33 heavy (non-hydrogen) atoms. The van der Waals surface area contributed by atoms with Gasteiger partial charge in [-0.3, -0.25) is 0 Å². The Labute approximate surface area is 190 Å². The molecule has 0 spiro atoms. The number of nitrogens with zero attached hydrogens (tertiary/aromatic N) is 5. The zero-order chi connectivity index (χ0) is 23.0. The Morgan fingerprint density at radius 3 is 2.67 bits per heavy atom. The Hall–Kier alpha value is -3.57. The maximum Gasteiger partial charge on any atom is 0.287 e. The molecule has 1 saturated heterocycles. The SMILES string of the molecule is C[C@@H]1CN(c2ccc(Nc3ncc4cnn(S(=O)(=O)c5ccccc5F)c4n3)cc2)CCN1. The van der Waals surface area contributed by atoms with Gasteiger partial charge in [-0.15, -0.1) is 4.09 Å². The van der Waals surface area contributed by atoms with Gasteiger partial charge in [0.25, 0.3) is 10.0 Å². The fourth-order valence-electron chi connectivity index (χ4n) is 3.83. The molecule has 1 atom stereocenters. The summed E-state index contributed by atoms with van der Waals surface area (Å²) in [6.07, 6.45) is 2.81. The molecule has 5 rings (SSSR count). The minimum Gasteiger partial charge on any atom is -0.369 e. The summed E-state index contributed by atoms with van der Waals surface area (Å²) in [7, 11) is -4.26. The molecule has 11 heteroatoms. The molecular formula is C22H22FN7O2S. The van der Waals surface area contributed by atoms with Crippen molar-refractivity contribution in [2.24, 2.45) is 0 Å². The first kappa shape index (κ1) is 21.3. The van der Waals surface area contributed by atoms with Gasteiger partial charge in [-0.1, -0.05) is 12.1 Å². The predicted octanol–water partition coefficient (Wildman–Crippen LogP) is 2.74. The quantitative estimate of drug-likeness (QED) is 0.462. The molecule has 0 bridgehead atoms. The molecule has 4 aromatic rings. The predicted molar refractivity (Wildman–Crippen MR) is 124 cm³/mol. The summed E-state index contributed by atoms with van der Waals surface area (Å²) < 4.78 is 40.8.